The summed E-state index contributed by atoms with van der Waals surface area (Å²) in [4.78, 5) is 17.1. The van der Waals surface area contributed by atoms with Crippen molar-refractivity contribution in [3.8, 4) is 17.1 Å². The fourth-order valence-electron chi connectivity index (χ4n) is 3.58. The van der Waals surface area contributed by atoms with Crippen LogP contribution in [0.3, 0.4) is 0 Å². The van der Waals surface area contributed by atoms with Gasteiger partial charge in [0, 0.05) is 23.4 Å². The Morgan fingerprint density at radius 1 is 1.18 bits per heavy atom. The van der Waals surface area contributed by atoms with E-state index in [0.29, 0.717) is 11.6 Å². The van der Waals surface area contributed by atoms with Crippen molar-refractivity contribution in [2.75, 3.05) is 0 Å². The molecule has 5 heteroatoms. The molecule has 1 aliphatic carbocycles. The summed E-state index contributed by atoms with van der Waals surface area (Å²) in [5.74, 6) is 0.779. The van der Waals surface area contributed by atoms with Gasteiger partial charge in [-0.25, -0.2) is 9.78 Å². The lowest BCUT2D eigenvalue weighted by Crippen LogP contribution is -2.24. The summed E-state index contributed by atoms with van der Waals surface area (Å²) in [6.45, 7) is 7.34. The second-order valence-electron chi connectivity index (χ2n) is 8.56. The minimum atomic E-state index is -0.523. The maximum atomic E-state index is 12.3. The maximum Gasteiger partial charge on any atom is 0.334 e. The van der Waals surface area contributed by atoms with Crippen LogP contribution in [-0.4, -0.2) is 26.2 Å². The van der Waals surface area contributed by atoms with Gasteiger partial charge in [0.25, 0.3) is 0 Å². The fourth-order valence-corrected chi connectivity index (χ4v) is 3.58. The highest BCUT2D eigenvalue weighted by molar-refractivity contribution is 5.93. The van der Waals surface area contributed by atoms with Gasteiger partial charge in [-0.3, -0.25) is 0 Å². The Hall–Kier alpha value is -2.56. The van der Waals surface area contributed by atoms with E-state index in [-0.39, 0.29) is 11.7 Å². The van der Waals surface area contributed by atoms with Gasteiger partial charge < -0.3 is 14.4 Å². The topological polar surface area (TPSA) is 64.3 Å². The highest BCUT2D eigenvalue weighted by Gasteiger charge is 2.21. The van der Waals surface area contributed by atoms with Crippen molar-refractivity contribution in [2.24, 2.45) is 0 Å². The number of hydrogen-bond donors (Lipinski definition) is 1. The number of carbonyl (C=O) groups is 1. The SMILES string of the molecule is CC(=Cc1cn(C2CCCCC2)c(-c2ccc(O)cc2)n1)C(=O)OC(C)(C)C. The van der Waals surface area contributed by atoms with Gasteiger partial charge in [-0.2, -0.15) is 0 Å². The van der Waals surface area contributed by atoms with Gasteiger partial charge in [-0.15, -0.1) is 0 Å². The second-order valence-corrected chi connectivity index (χ2v) is 8.56. The normalized spacial score (nSPS) is 16.2. The van der Waals surface area contributed by atoms with Crippen LogP contribution < -0.4 is 0 Å². The Morgan fingerprint density at radius 3 is 2.43 bits per heavy atom. The summed E-state index contributed by atoms with van der Waals surface area (Å²) in [5.41, 5.74) is 1.71. The zero-order chi connectivity index (χ0) is 20.3. The lowest BCUT2D eigenvalue weighted by Gasteiger charge is -2.24. The molecule has 150 valence electrons. The number of ether oxygens (including phenoxy) is 1. The van der Waals surface area contributed by atoms with E-state index in [1.807, 2.05) is 39.1 Å². The number of carbonyl (C=O) groups excluding carboxylic acids is 1. The Balaban J connectivity index is 1.95. The Labute approximate surface area is 167 Å². The molecule has 0 spiro atoms. The minimum absolute atomic E-state index is 0.236. The standard InChI is InChI=1S/C23H30N2O3/c1-16(22(27)28-23(2,3)4)14-18-15-25(19-8-6-5-7-9-19)21(24-18)17-10-12-20(26)13-11-17/h10-15,19,26H,5-9H2,1-4H3. The number of aromatic hydroxyl groups is 1. The van der Waals surface area contributed by atoms with E-state index in [9.17, 15) is 9.90 Å². The largest absolute Gasteiger partial charge is 0.508 e. The van der Waals surface area contributed by atoms with Gasteiger partial charge in [0.05, 0.1) is 5.69 Å². The van der Waals surface area contributed by atoms with Crippen molar-refractivity contribution in [3.63, 3.8) is 0 Å². The van der Waals surface area contributed by atoms with Crippen LogP contribution in [0.15, 0.2) is 36.0 Å². The summed E-state index contributed by atoms with van der Waals surface area (Å²) >= 11 is 0. The minimum Gasteiger partial charge on any atom is -0.508 e. The van der Waals surface area contributed by atoms with E-state index in [1.54, 1.807) is 25.1 Å². The van der Waals surface area contributed by atoms with Crippen LogP contribution in [0.1, 0.15) is 71.5 Å². The molecule has 1 saturated carbocycles. The smallest absolute Gasteiger partial charge is 0.334 e. The lowest BCUT2D eigenvalue weighted by molar-refractivity contribution is -0.149. The van der Waals surface area contributed by atoms with Crippen LogP contribution >= 0.6 is 0 Å². The number of aromatic nitrogens is 2. The highest BCUT2D eigenvalue weighted by Crippen LogP contribution is 2.33. The number of benzene rings is 1. The van der Waals surface area contributed by atoms with Crippen LogP contribution in [0.4, 0.5) is 0 Å². The molecule has 0 saturated heterocycles. The number of nitrogens with zero attached hydrogens (tertiary/aromatic N) is 2. The zero-order valence-electron chi connectivity index (χ0n) is 17.2. The van der Waals surface area contributed by atoms with Crippen molar-refractivity contribution < 1.29 is 14.6 Å². The molecular weight excluding hydrogens is 352 g/mol. The summed E-state index contributed by atoms with van der Waals surface area (Å²) in [6, 6.07) is 7.53. The third-order valence-corrected chi connectivity index (χ3v) is 4.93. The van der Waals surface area contributed by atoms with Crippen LogP contribution in [-0.2, 0) is 9.53 Å². The Bertz CT molecular complexity index is 851. The predicted octanol–water partition coefficient (Wildman–Crippen LogP) is 5.51. The van der Waals surface area contributed by atoms with Gasteiger partial charge in [0.1, 0.15) is 17.2 Å². The number of phenols is 1. The number of rotatable bonds is 4. The molecule has 0 atom stereocenters. The molecule has 0 radical (unpaired) electrons. The van der Waals surface area contributed by atoms with Crippen LogP contribution in [0, 0.1) is 0 Å². The first kappa shape index (κ1) is 20.2. The maximum absolute atomic E-state index is 12.3. The lowest BCUT2D eigenvalue weighted by atomic mass is 9.95. The van der Waals surface area contributed by atoms with Gasteiger partial charge >= 0.3 is 5.97 Å². The first-order valence-corrected chi connectivity index (χ1v) is 10.0. The summed E-state index contributed by atoms with van der Waals surface area (Å²) < 4.78 is 7.69. The van der Waals surface area contributed by atoms with Crippen molar-refractivity contribution in [2.45, 2.75) is 71.4 Å². The summed E-state index contributed by atoms with van der Waals surface area (Å²) in [7, 11) is 0. The van der Waals surface area contributed by atoms with E-state index in [1.165, 1.54) is 19.3 Å². The monoisotopic (exact) mass is 382 g/mol. The molecule has 0 bridgehead atoms. The van der Waals surface area contributed by atoms with Gasteiger partial charge in [0.2, 0.25) is 0 Å². The van der Waals surface area contributed by atoms with E-state index >= 15 is 0 Å². The third-order valence-electron chi connectivity index (χ3n) is 4.93. The van der Waals surface area contributed by atoms with Crippen LogP contribution in [0.25, 0.3) is 17.5 Å². The van der Waals surface area contributed by atoms with E-state index < -0.39 is 5.60 Å². The molecule has 0 aliphatic heterocycles. The predicted molar refractivity (Wildman–Crippen MR) is 111 cm³/mol. The molecule has 5 nitrogen and oxygen atoms in total. The van der Waals surface area contributed by atoms with E-state index in [4.69, 9.17) is 9.72 Å². The molecule has 28 heavy (non-hydrogen) atoms. The number of hydrogen-bond acceptors (Lipinski definition) is 4. The van der Waals surface area contributed by atoms with E-state index in [0.717, 1.165) is 29.9 Å². The average molecular weight is 383 g/mol. The zero-order valence-corrected chi connectivity index (χ0v) is 17.2. The van der Waals surface area contributed by atoms with Crippen molar-refractivity contribution in [1.29, 1.82) is 0 Å². The number of imidazole rings is 1. The summed E-state index contributed by atoms with van der Waals surface area (Å²) in [6.07, 6.45) is 9.82. The molecule has 3 rings (SSSR count). The van der Waals surface area contributed by atoms with Crippen molar-refractivity contribution >= 4 is 12.0 Å². The molecule has 1 fully saturated rings. The molecule has 0 unspecified atom stereocenters. The molecule has 2 aromatic rings. The molecule has 1 aliphatic rings. The van der Waals surface area contributed by atoms with Gasteiger partial charge in [-0.1, -0.05) is 19.3 Å². The van der Waals surface area contributed by atoms with Gasteiger partial charge in [-0.05, 0) is 70.9 Å². The summed E-state index contributed by atoms with van der Waals surface area (Å²) in [5, 5.41) is 9.61. The van der Waals surface area contributed by atoms with E-state index in [2.05, 4.69) is 4.57 Å². The second kappa shape index (κ2) is 8.21. The van der Waals surface area contributed by atoms with Crippen molar-refractivity contribution in [3.05, 3.63) is 41.7 Å². The number of phenolic OH excluding ortho intramolecular Hbond substituents is 1. The van der Waals surface area contributed by atoms with Crippen LogP contribution in [0.5, 0.6) is 5.75 Å². The van der Waals surface area contributed by atoms with Crippen molar-refractivity contribution in [1.82, 2.24) is 9.55 Å². The number of esters is 1. The first-order valence-electron chi connectivity index (χ1n) is 10.0. The fraction of sp³-hybridized carbons (Fsp3) is 0.478. The molecule has 1 heterocycles. The third kappa shape index (κ3) is 5.03. The average Bonchev–Trinajstić information content (AvgIpc) is 3.05. The van der Waals surface area contributed by atoms with Crippen LogP contribution in [0.2, 0.25) is 0 Å². The Kier molecular flexibility index (Phi) is 5.92. The quantitative estimate of drug-likeness (QED) is 0.560. The molecule has 0 amide bonds. The molecule has 1 aromatic carbocycles. The highest BCUT2D eigenvalue weighted by atomic mass is 16.6. The molecule has 1 aromatic heterocycles. The molecule has 1 N–H and O–H groups in total. The molecular formula is C23H30N2O3. The van der Waals surface area contributed by atoms with Gasteiger partial charge in [0.15, 0.2) is 0 Å². The Morgan fingerprint density at radius 2 is 1.82 bits per heavy atom. The first-order chi connectivity index (χ1) is 13.2.